The maximum absolute atomic E-state index is 12.0. The second kappa shape index (κ2) is 6.94. The van der Waals surface area contributed by atoms with E-state index in [1.165, 1.54) is 11.8 Å². The predicted octanol–water partition coefficient (Wildman–Crippen LogP) is 1.89. The molecule has 0 unspecified atom stereocenters. The Hall–Kier alpha value is -1.82. The lowest BCUT2D eigenvalue weighted by Gasteiger charge is -2.07. The van der Waals surface area contributed by atoms with E-state index in [9.17, 15) is 4.79 Å². The number of nitrogens with one attached hydrogen (secondary N) is 2. The molecule has 0 radical (unpaired) electrons. The first-order valence-corrected chi connectivity index (χ1v) is 7.29. The highest BCUT2D eigenvalue weighted by molar-refractivity contribution is 7.98. The molecule has 6 heteroatoms. The van der Waals surface area contributed by atoms with Crippen molar-refractivity contribution in [1.29, 1.82) is 0 Å². The number of pyridine rings is 1. The zero-order chi connectivity index (χ0) is 13.5. The van der Waals surface area contributed by atoms with Crippen molar-refractivity contribution in [3.8, 4) is 0 Å². The van der Waals surface area contributed by atoms with Gasteiger partial charge >= 0.3 is 0 Å². The SMILES string of the molecule is CSc1ncccc1C(=O)NCCCc1ncc[nH]1. The van der Waals surface area contributed by atoms with Gasteiger partial charge in [0, 0.05) is 31.6 Å². The van der Waals surface area contributed by atoms with E-state index >= 15 is 0 Å². The Morgan fingerprint density at radius 1 is 1.42 bits per heavy atom. The van der Waals surface area contributed by atoms with Crippen LogP contribution in [-0.4, -0.2) is 33.7 Å². The van der Waals surface area contributed by atoms with E-state index in [0.717, 1.165) is 23.7 Å². The van der Waals surface area contributed by atoms with E-state index in [-0.39, 0.29) is 5.91 Å². The topological polar surface area (TPSA) is 70.7 Å². The quantitative estimate of drug-likeness (QED) is 0.624. The maximum atomic E-state index is 12.0. The van der Waals surface area contributed by atoms with Crippen molar-refractivity contribution >= 4 is 17.7 Å². The fraction of sp³-hybridized carbons (Fsp3) is 0.308. The number of hydrogen-bond donors (Lipinski definition) is 2. The molecule has 0 aliphatic rings. The third-order valence-corrected chi connectivity index (χ3v) is 3.35. The molecule has 0 fully saturated rings. The fourth-order valence-electron chi connectivity index (χ4n) is 1.71. The van der Waals surface area contributed by atoms with Gasteiger partial charge in [0.1, 0.15) is 10.9 Å². The van der Waals surface area contributed by atoms with Crippen LogP contribution in [0.2, 0.25) is 0 Å². The number of amides is 1. The Bertz CT molecular complexity index is 527. The maximum Gasteiger partial charge on any atom is 0.254 e. The number of carbonyl (C=O) groups is 1. The van der Waals surface area contributed by atoms with Crippen LogP contribution < -0.4 is 5.32 Å². The Morgan fingerprint density at radius 2 is 2.32 bits per heavy atom. The molecule has 0 bridgehead atoms. The number of aromatic amines is 1. The number of H-pyrrole nitrogens is 1. The molecule has 0 saturated heterocycles. The minimum absolute atomic E-state index is 0.0723. The molecule has 2 heterocycles. The van der Waals surface area contributed by atoms with Gasteiger partial charge in [0.25, 0.3) is 5.91 Å². The highest BCUT2D eigenvalue weighted by Crippen LogP contribution is 2.16. The van der Waals surface area contributed by atoms with E-state index in [0.29, 0.717) is 12.1 Å². The third-order valence-electron chi connectivity index (χ3n) is 2.64. The summed E-state index contributed by atoms with van der Waals surface area (Å²) in [5.74, 6) is 0.873. The molecule has 2 aromatic heterocycles. The van der Waals surface area contributed by atoms with Crippen LogP contribution in [-0.2, 0) is 6.42 Å². The number of imidazole rings is 1. The molecule has 0 aliphatic carbocycles. The molecule has 0 spiro atoms. The summed E-state index contributed by atoms with van der Waals surface area (Å²) < 4.78 is 0. The summed E-state index contributed by atoms with van der Waals surface area (Å²) in [4.78, 5) is 23.3. The number of hydrogen-bond acceptors (Lipinski definition) is 4. The first kappa shape index (κ1) is 13.6. The number of aryl methyl sites for hydroxylation is 1. The second-order valence-electron chi connectivity index (χ2n) is 3.96. The van der Waals surface area contributed by atoms with E-state index < -0.39 is 0 Å². The van der Waals surface area contributed by atoms with Crippen molar-refractivity contribution in [1.82, 2.24) is 20.3 Å². The zero-order valence-corrected chi connectivity index (χ0v) is 11.5. The number of aromatic nitrogens is 3. The summed E-state index contributed by atoms with van der Waals surface area (Å²) in [7, 11) is 0. The molecule has 0 aliphatic heterocycles. The van der Waals surface area contributed by atoms with Crippen molar-refractivity contribution in [2.45, 2.75) is 17.9 Å². The lowest BCUT2D eigenvalue weighted by molar-refractivity contribution is 0.0949. The van der Waals surface area contributed by atoms with E-state index in [1.807, 2.05) is 6.26 Å². The van der Waals surface area contributed by atoms with Gasteiger partial charge in [-0.1, -0.05) is 0 Å². The summed E-state index contributed by atoms with van der Waals surface area (Å²) in [6, 6.07) is 3.57. The minimum Gasteiger partial charge on any atom is -0.352 e. The molecule has 5 nitrogen and oxygen atoms in total. The van der Waals surface area contributed by atoms with Gasteiger partial charge in [-0.3, -0.25) is 4.79 Å². The average Bonchev–Trinajstić information content (AvgIpc) is 2.96. The van der Waals surface area contributed by atoms with Crippen LogP contribution in [0.3, 0.4) is 0 Å². The Labute approximate surface area is 116 Å². The predicted molar refractivity (Wildman–Crippen MR) is 75.3 cm³/mol. The normalized spacial score (nSPS) is 10.4. The average molecular weight is 276 g/mol. The highest BCUT2D eigenvalue weighted by Gasteiger charge is 2.10. The van der Waals surface area contributed by atoms with Gasteiger partial charge in [-0.2, -0.15) is 0 Å². The van der Waals surface area contributed by atoms with Gasteiger partial charge in [0.2, 0.25) is 0 Å². The molecular formula is C13H16N4OS. The van der Waals surface area contributed by atoms with Crippen molar-refractivity contribution in [2.75, 3.05) is 12.8 Å². The summed E-state index contributed by atoms with van der Waals surface area (Å²) >= 11 is 1.47. The first-order chi connectivity index (χ1) is 9.31. The van der Waals surface area contributed by atoms with Gasteiger partial charge < -0.3 is 10.3 Å². The van der Waals surface area contributed by atoms with Crippen molar-refractivity contribution < 1.29 is 4.79 Å². The van der Waals surface area contributed by atoms with Crippen LogP contribution >= 0.6 is 11.8 Å². The third kappa shape index (κ3) is 3.82. The minimum atomic E-state index is -0.0723. The first-order valence-electron chi connectivity index (χ1n) is 6.06. The van der Waals surface area contributed by atoms with E-state index in [2.05, 4.69) is 20.3 Å². The van der Waals surface area contributed by atoms with Crippen LogP contribution in [0.5, 0.6) is 0 Å². The number of nitrogens with zero attached hydrogens (tertiary/aromatic N) is 2. The number of thioether (sulfide) groups is 1. The van der Waals surface area contributed by atoms with Crippen molar-refractivity contribution in [3.05, 3.63) is 42.1 Å². The zero-order valence-electron chi connectivity index (χ0n) is 10.7. The summed E-state index contributed by atoms with van der Waals surface area (Å²) in [5, 5.41) is 3.66. The Morgan fingerprint density at radius 3 is 3.05 bits per heavy atom. The van der Waals surface area contributed by atoms with Crippen LogP contribution in [0.1, 0.15) is 22.6 Å². The van der Waals surface area contributed by atoms with Gasteiger partial charge in [-0.05, 0) is 24.8 Å². The monoisotopic (exact) mass is 276 g/mol. The van der Waals surface area contributed by atoms with E-state index in [4.69, 9.17) is 0 Å². The van der Waals surface area contributed by atoms with Crippen LogP contribution in [0, 0.1) is 0 Å². The van der Waals surface area contributed by atoms with Gasteiger partial charge in [0.05, 0.1) is 5.56 Å². The lowest BCUT2D eigenvalue weighted by Crippen LogP contribution is -2.25. The molecule has 0 saturated carbocycles. The van der Waals surface area contributed by atoms with Gasteiger partial charge in [0.15, 0.2) is 0 Å². The largest absolute Gasteiger partial charge is 0.352 e. The van der Waals surface area contributed by atoms with Crippen molar-refractivity contribution in [2.24, 2.45) is 0 Å². The smallest absolute Gasteiger partial charge is 0.254 e. The molecule has 0 atom stereocenters. The number of rotatable bonds is 6. The molecular weight excluding hydrogens is 260 g/mol. The molecule has 1 amide bonds. The lowest BCUT2D eigenvalue weighted by atomic mass is 10.2. The molecule has 100 valence electrons. The summed E-state index contributed by atoms with van der Waals surface area (Å²) in [6.45, 7) is 0.627. The fourth-order valence-corrected chi connectivity index (χ4v) is 2.26. The molecule has 19 heavy (non-hydrogen) atoms. The molecule has 0 aromatic carbocycles. The van der Waals surface area contributed by atoms with E-state index in [1.54, 1.807) is 30.7 Å². The molecule has 2 rings (SSSR count). The molecule has 2 N–H and O–H groups in total. The van der Waals surface area contributed by atoms with Gasteiger partial charge in [-0.15, -0.1) is 11.8 Å². The summed E-state index contributed by atoms with van der Waals surface area (Å²) in [6.07, 6.45) is 8.82. The van der Waals surface area contributed by atoms with Crippen molar-refractivity contribution in [3.63, 3.8) is 0 Å². The standard InChI is InChI=1S/C13H16N4OS/c1-19-13-10(4-2-7-17-13)12(18)16-6-3-5-11-14-8-9-15-11/h2,4,7-9H,3,5-6H2,1H3,(H,14,15)(H,16,18). The van der Waals surface area contributed by atoms with Crippen LogP contribution in [0.15, 0.2) is 35.7 Å². The molecule has 2 aromatic rings. The number of carbonyl (C=O) groups excluding carboxylic acids is 1. The van der Waals surface area contributed by atoms with Crippen LogP contribution in [0.4, 0.5) is 0 Å². The Balaban J connectivity index is 1.81. The van der Waals surface area contributed by atoms with Gasteiger partial charge in [-0.25, -0.2) is 9.97 Å². The summed E-state index contributed by atoms with van der Waals surface area (Å²) in [5.41, 5.74) is 0.632. The second-order valence-corrected chi connectivity index (χ2v) is 4.75. The van der Waals surface area contributed by atoms with Crippen LogP contribution in [0.25, 0.3) is 0 Å². The Kier molecular flexibility index (Phi) is 4.97. The highest BCUT2D eigenvalue weighted by atomic mass is 32.2.